The van der Waals surface area contributed by atoms with E-state index in [1.54, 1.807) is 11.8 Å². The van der Waals surface area contributed by atoms with E-state index >= 15 is 0 Å². The van der Waals surface area contributed by atoms with Crippen molar-refractivity contribution in [3.8, 4) is 0 Å². The summed E-state index contributed by atoms with van der Waals surface area (Å²) in [5.41, 5.74) is 0. The Morgan fingerprint density at radius 3 is 2.92 bits per heavy atom. The summed E-state index contributed by atoms with van der Waals surface area (Å²) in [4.78, 5) is 1.13. The van der Waals surface area contributed by atoms with Crippen LogP contribution in [0.3, 0.4) is 0 Å². The van der Waals surface area contributed by atoms with Crippen molar-refractivity contribution in [1.82, 2.24) is 0 Å². The third kappa shape index (κ3) is 1.51. The molecule has 0 nitrogen and oxygen atoms in total. The monoisotopic (exact) mass is 276 g/mol. The molecule has 1 aromatic carbocycles. The first-order chi connectivity index (χ1) is 6.24. The normalized spacial score (nSPS) is 11.0. The molecule has 0 aliphatic carbocycles. The summed E-state index contributed by atoms with van der Waals surface area (Å²) in [7, 11) is 0. The second kappa shape index (κ2) is 3.59. The smallest absolute Gasteiger partial charge is 0.191 e. The molecule has 0 spiro atoms. The zero-order valence-electron chi connectivity index (χ0n) is 6.80. The molecule has 0 aliphatic rings. The highest BCUT2D eigenvalue weighted by molar-refractivity contribution is 9.10. The van der Waals surface area contributed by atoms with Crippen molar-refractivity contribution in [2.45, 2.75) is 4.90 Å². The van der Waals surface area contributed by atoms with Gasteiger partial charge in [0.05, 0.1) is 9.17 Å². The van der Waals surface area contributed by atoms with E-state index in [1.807, 2.05) is 24.5 Å². The largest absolute Gasteiger partial charge is 0.194 e. The molecule has 0 fully saturated rings. The fourth-order valence-corrected chi connectivity index (χ4v) is 3.61. The van der Waals surface area contributed by atoms with E-state index < -0.39 is 0 Å². The molecule has 4 heteroatoms. The molecule has 0 amide bonds. The molecule has 0 atom stereocenters. The maximum absolute atomic E-state index is 13.2. The van der Waals surface area contributed by atoms with Gasteiger partial charge in [-0.05, 0) is 28.3 Å². The molecule has 0 saturated heterocycles. The topological polar surface area (TPSA) is 0 Å². The minimum atomic E-state index is -0.142. The van der Waals surface area contributed by atoms with E-state index in [4.69, 9.17) is 0 Å². The third-order valence-corrected chi connectivity index (χ3v) is 4.77. The Labute approximate surface area is 92.3 Å². The summed E-state index contributed by atoms with van der Waals surface area (Å²) in [5.74, 6) is 0. The van der Waals surface area contributed by atoms with Crippen LogP contribution >= 0.6 is 39.0 Å². The van der Waals surface area contributed by atoms with Gasteiger partial charge in [-0.1, -0.05) is 12.1 Å². The van der Waals surface area contributed by atoms with Crippen LogP contribution in [0.1, 0.15) is 0 Å². The summed E-state index contributed by atoms with van der Waals surface area (Å²) < 4.78 is 14.8. The zero-order chi connectivity index (χ0) is 9.42. The Morgan fingerprint density at radius 2 is 2.23 bits per heavy atom. The third-order valence-electron chi connectivity index (χ3n) is 1.80. The summed E-state index contributed by atoms with van der Waals surface area (Å²) in [6.45, 7) is 0. The molecule has 0 N–H and O–H groups in total. The SMILES string of the molecule is CSc1cccc2c(Br)c(F)sc12. The highest BCUT2D eigenvalue weighted by Gasteiger charge is 2.11. The van der Waals surface area contributed by atoms with E-state index in [0.717, 1.165) is 15.0 Å². The predicted octanol–water partition coefficient (Wildman–Crippen LogP) is 4.52. The first kappa shape index (κ1) is 9.49. The average Bonchev–Trinajstić information content (AvgIpc) is 2.43. The molecule has 0 aliphatic heterocycles. The fraction of sp³-hybridized carbons (Fsp3) is 0.111. The first-order valence-electron chi connectivity index (χ1n) is 3.64. The van der Waals surface area contributed by atoms with Gasteiger partial charge in [0.15, 0.2) is 5.13 Å². The first-order valence-corrected chi connectivity index (χ1v) is 6.48. The van der Waals surface area contributed by atoms with Crippen molar-refractivity contribution < 1.29 is 4.39 Å². The molecule has 13 heavy (non-hydrogen) atoms. The number of rotatable bonds is 1. The van der Waals surface area contributed by atoms with Crippen molar-refractivity contribution in [2.24, 2.45) is 0 Å². The van der Waals surface area contributed by atoms with Gasteiger partial charge < -0.3 is 0 Å². The molecule has 2 rings (SSSR count). The minimum absolute atomic E-state index is 0.142. The lowest BCUT2D eigenvalue weighted by molar-refractivity contribution is 0.652. The van der Waals surface area contributed by atoms with E-state index in [2.05, 4.69) is 15.9 Å². The number of thiophene rings is 1. The van der Waals surface area contributed by atoms with Crippen LogP contribution in [0.5, 0.6) is 0 Å². The van der Waals surface area contributed by atoms with Crippen molar-refractivity contribution in [2.75, 3.05) is 6.26 Å². The van der Waals surface area contributed by atoms with Crippen LogP contribution in [0, 0.1) is 5.13 Å². The van der Waals surface area contributed by atoms with Gasteiger partial charge in [0, 0.05) is 10.3 Å². The molecular formula is C9H6BrFS2. The number of hydrogen-bond donors (Lipinski definition) is 0. The second-order valence-electron chi connectivity index (χ2n) is 2.53. The lowest BCUT2D eigenvalue weighted by Crippen LogP contribution is -1.69. The summed E-state index contributed by atoms with van der Waals surface area (Å²) in [5, 5.41) is 0.825. The van der Waals surface area contributed by atoms with Crippen molar-refractivity contribution in [3.05, 3.63) is 27.8 Å². The van der Waals surface area contributed by atoms with Crippen molar-refractivity contribution in [1.29, 1.82) is 0 Å². The second-order valence-corrected chi connectivity index (χ2v) is 5.14. The standard InChI is InChI=1S/C9H6BrFS2/c1-12-6-4-2-3-5-7(10)9(11)13-8(5)6/h2-4H,1H3. The summed E-state index contributed by atoms with van der Waals surface area (Å²) in [6.07, 6.45) is 2.00. The van der Waals surface area contributed by atoms with Crippen LogP contribution < -0.4 is 0 Å². The van der Waals surface area contributed by atoms with Gasteiger partial charge in [0.1, 0.15) is 0 Å². The van der Waals surface area contributed by atoms with E-state index in [9.17, 15) is 4.39 Å². The lowest BCUT2D eigenvalue weighted by Gasteiger charge is -1.96. The average molecular weight is 277 g/mol. The van der Waals surface area contributed by atoms with Crippen LogP contribution in [0.25, 0.3) is 10.1 Å². The number of halogens is 2. The fourth-order valence-electron chi connectivity index (χ4n) is 1.19. The maximum Gasteiger partial charge on any atom is 0.191 e. The van der Waals surface area contributed by atoms with E-state index in [1.165, 1.54) is 11.3 Å². The minimum Gasteiger partial charge on any atom is -0.194 e. The Kier molecular flexibility index (Phi) is 2.62. The molecule has 0 bridgehead atoms. The molecule has 2 aromatic rings. The molecule has 68 valence electrons. The zero-order valence-corrected chi connectivity index (χ0v) is 10.0. The summed E-state index contributed by atoms with van der Waals surface area (Å²) >= 11 is 6.08. The number of benzene rings is 1. The predicted molar refractivity (Wildman–Crippen MR) is 61.3 cm³/mol. The van der Waals surface area contributed by atoms with Crippen LogP contribution in [-0.4, -0.2) is 6.26 Å². The maximum atomic E-state index is 13.2. The molecule has 0 unspecified atom stereocenters. The molecule has 1 aromatic heterocycles. The van der Waals surface area contributed by atoms with E-state index in [0.29, 0.717) is 4.47 Å². The van der Waals surface area contributed by atoms with Gasteiger partial charge in [0.2, 0.25) is 0 Å². The van der Waals surface area contributed by atoms with Gasteiger partial charge >= 0.3 is 0 Å². The Balaban J connectivity index is 2.84. The number of thioether (sulfide) groups is 1. The highest BCUT2D eigenvalue weighted by atomic mass is 79.9. The van der Waals surface area contributed by atoms with Crippen LogP contribution in [0.4, 0.5) is 4.39 Å². The van der Waals surface area contributed by atoms with Gasteiger partial charge in [-0.15, -0.1) is 23.1 Å². The van der Waals surface area contributed by atoms with Crippen molar-refractivity contribution >= 4 is 49.1 Å². The van der Waals surface area contributed by atoms with Gasteiger partial charge in [0.25, 0.3) is 0 Å². The molecule has 1 heterocycles. The Hall–Kier alpha value is -0.0600. The van der Waals surface area contributed by atoms with Gasteiger partial charge in [-0.3, -0.25) is 0 Å². The Bertz CT molecular complexity index is 450. The highest BCUT2D eigenvalue weighted by Crippen LogP contribution is 2.38. The molecule has 0 saturated carbocycles. The number of hydrogen-bond acceptors (Lipinski definition) is 2. The molecule has 0 radical (unpaired) electrons. The lowest BCUT2D eigenvalue weighted by atomic mass is 10.3. The van der Waals surface area contributed by atoms with Crippen molar-refractivity contribution in [3.63, 3.8) is 0 Å². The van der Waals surface area contributed by atoms with Crippen LogP contribution in [-0.2, 0) is 0 Å². The van der Waals surface area contributed by atoms with Crippen LogP contribution in [0.15, 0.2) is 27.6 Å². The number of fused-ring (bicyclic) bond motifs is 1. The molecular weight excluding hydrogens is 271 g/mol. The summed E-state index contributed by atoms with van der Waals surface area (Å²) in [6, 6.07) is 5.89. The quantitative estimate of drug-likeness (QED) is 0.690. The van der Waals surface area contributed by atoms with Gasteiger partial charge in [-0.25, -0.2) is 0 Å². The van der Waals surface area contributed by atoms with E-state index in [-0.39, 0.29) is 5.13 Å². The van der Waals surface area contributed by atoms with Gasteiger partial charge in [-0.2, -0.15) is 4.39 Å². The van der Waals surface area contributed by atoms with Crippen LogP contribution in [0.2, 0.25) is 0 Å². The Morgan fingerprint density at radius 1 is 1.46 bits per heavy atom.